The van der Waals surface area contributed by atoms with Crippen molar-refractivity contribution in [2.45, 2.75) is 98.6 Å². The maximum atomic E-state index is 13.1. The minimum absolute atomic E-state index is 0.179. The van der Waals surface area contributed by atoms with Crippen molar-refractivity contribution in [1.82, 2.24) is 21.1 Å². The summed E-state index contributed by atoms with van der Waals surface area (Å²) >= 11 is 0. The zero-order valence-corrected chi connectivity index (χ0v) is 22.9. The summed E-state index contributed by atoms with van der Waals surface area (Å²) < 4.78 is 0. The van der Waals surface area contributed by atoms with Gasteiger partial charge in [0.25, 0.3) is 5.91 Å². The molecule has 1 aromatic carbocycles. The van der Waals surface area contributed by atoms with Crippen LogP contribution in [0.3, 0.4) is 0 Å². The molecule has 0 heterocycles. The van der Waals surface area contributed by atoms with Crippen molar-refractivity contribution in [1.29, 1.82) is 0 Å². The molecule has 0 aliphatic carbocycles. The molecular weight excluding hydrogens is 456 g/mol. The molecule has 8 nitrogen and oxygen atoms in total. The molecule has 36 heavy (non-hydrogen) atoms. The van der Waals surface area contributed by atoms with Gasteiger partial charge in [0, 0.05) is 19.4 Å². The number of rotatable bonds is 15. The highest BCUT2D eigenvalue weighted by molar-refractivity contribution is 5.92. The summed E-state index contributed by atoms with van der Waals surface area (Å²) in [6, 6.07) is 8.60. The zero-order chi connectivity index (χ0) is 27.1. The Labute approximate surface area is 216 Å². The van der Waals surface area contributed by atoms with Crippen LogP contribution >= 0.6 is 0 Å². The van der Waals surface area contributed by atoms with Gasteiger partial charge in [-0.1, -0.05) is 65.0 Å². The van der Waals surface area contributed by atoms with Gasteiger partial charge in [-0.2, -0.15) is 0 Å². The van der Waals surface area contributed by atoms with Gasteiger partial charge in [-0.25, -0.2) is 0 Å². The van der Waals surface area contributed by atoms with Gasteiger partial charge in [-0.05, 0) is 56.4 Å². The average molecular weight is 503 g/mol. The molecule has 2 unspecified atom stereocenters. The second-order valence-electron chi connectivity index (χ2n) is 10.1. The zero-order valence-electron chi connectivity index (χ0n) is 22.9. The predicted molar refractivity (Wildman–Crippen MR) is 143 cm³/mol. The van der Waals surface area contributed by atoms with Crippen molar-refractivity contribution in [2.24, 2.45) is 11.8 Å². The highest BCUT2D eigenvalue weighted by Crippen LogP contribution is 2.09. The van der Waals surface area contributed by atoms with E-state index in [0.29, 0.717) is 32.1 Å². The molecule has 202 valence electrons. The Morgan fingerprint density at radius 3 is 2.06 bits per heavy atom. The first-order valence-corrected chi connectivity index (χ1v) is 13.3. The Morgan fingerprint density at radius 1 is 0.833 bits per heavy atom. The van der Waals surface area contributed by atoms with Gasteiger partial charge in [0.1, 0.15) is 12.1 Å². The number of benzene rings is 1. The summed E-state index contributed by atoms with van der Waals surface area (Å²) in [5, 5.41) is 6.88. The minimum atomic E-state index is -0.799. The second-order valence-corrected chi connectivity index (χ2v) is 10.1. The number of nitrogens with zero attached hydrogens (tertiary/aromatic N) is 1. The van der Waals surface area contributed by atoms with Gasteiger partial charge in [-0.3, -0.25) is 29.6 Å². The lowest BCUT2D eigenvalue weighted by Gasteiger charge is -2.28. The van der Waals surface area contributed by atoms with E-state index < -0.39 is 12.1 Å². The molecule has 1 aromatic rings. The van der Waals surface area contributed by atoms with Crippen LogP contribution < -0.4 is 16.1 Å². The van der Waals surface area contributed by atoms with Gasteiger partial charge in [-0.15, -0.1) is 0 Å². The molecule has 4 amide bonds. The first-order valence-electron chi connectivity index (χ1n) is 13.3. The van der Waals surface area contributed by atoms with Crippen molar-refractivity contribution < 1.29 is 19.2 Å². The van der Waals surface area contributed by atoms with Crippen molar-refractivity contribution >= 4 is 23.6 Å². The number of hydrogen-bond donors (Lipinski definition) is 3. The fourth-order valence-corrected chi connectivity index (χ4v) is 3.88. The molecule has 1 rings (SSSR count). The summed E-state index contributed by atoms with van der Waals surface area (Å²) in [6.07, 6.45) is 3.98. The normalized spacial score (nSPS) is 12.7. The largest absolute Gasteiger partial charge is 0.344 e. The molecule has 0 radical (unpaired) electrons. The highest BCUT2D eigenvalue weighted by atomic mass is 16.2. The molecule has 0 bridgehead atoms. The van der Waals surface area contributed by atoms with Gasteiger partial charge >= 0.3 is 0 Å². The molecule has 0 aromatic heterocycles. The number of aryl methyl sites for hydroxylation is 1. The topological polar surface area (TPSA) is 108 Å². The third-order valence-corrected chi connectivity index (χ3v) is 5.78. The van der Waals surface area contributed by atoms with Crippen molar-refractivity contribution in [2.75, 3.05) is 6.54 Å². The fraction of sp³-hybridized carbons (Fsp3) is 0.643. The lowest BCUT2D eigenvalue weighted by Crippen LogP contribution is -2.57. The maximum Gasteiger partial charge on any atom is 0.263 e. The highest BCUT2D eigenvalue weighted by Gasteiger charge is 2.29. The molecule has 2 atom stereocenters. The fourth-order valence-electron chi connectivity index (χ4n) is 3.88. The van der Waals surface area contributed by atoms with Gasteiger partial charge in [0.05, 0.1) is 0 Å². The number of nitrogens with one attached hydrogen (secondary N) is 3. The van der Waals surface area contributed by atoms with Gasteiger partial charge < -0.3 is 10.6 Å². The van der Waals surface area contributed by atoms with Crippen LogP contribution in [0.25, 0.3) is 0 Å². The molecule has 0 saturated heterocycles. The van der Waals surface area contributed by atoms with Crippen LogP contribution in [0, 0.1) is 11.8 Å². The maximum absolute atomic E-state index is 13.1. The van der Waals surface area contributed by atoms with Crippen molar-refractivity contribution in [3.05, 3.63) is 35.9 Å². The minimum Gasteiger partial charge on any atom is -0.344 e. The van der Waals surface area contributed by atoms with Crippen LogP contribution in [0.15, 0.2) is 30.3 Å². The number of hydrazine groups is 1. The predicted octanol–water partition coefficient (Wildman–Crippen LogP) is 3.75. The first-order chi connectivity index (χ1) is 17.1. The van der Waals surface area contributed by atoms with Crippen LogP contribution in [0.2, 0.25) is 0 Å². The van der Waals surface area contributed by atoms with Crippen molar-refractivity contribution in [3.63, 3.8) is 0 Å². The molecule has 0 saturated carbocycles. The number of likely N-dealkylation sites (N-methyl/N-ethyl adjacent to an activating group) is 1. The van der Waals surface area contributed by atoms with Crippen LogP contribution in [0.1, 0.15) is 85.6 Å². The van der Waals surface area contributed by atoms with Crippen molar-refractivity contribution in [3.8, 4) is 0 Å². The Bertz CT molecular complexity index is 826. The summed E-state index contributed by atoms with van der Waals surface area (Å²) in [5.74, 6) is -0.799. The summed E-state index contributed by atoms with van der Waals surface area (Å²) in [7, 11) is 0. The number of carbonyl (C=O) groups excluding carboxylic acids is 4. The lowest BCUT2D eigenvalue weighted by atomic mass is 10.0. The Morgan fingerprint density at radius 2 is 1.50 bits per heavy atom. The Hall–Kier alpha value is -2.90. The van der Waals surface area contributed by atoms with Gasteiger partial charge in [0.2, 0.25) is 17.7 Å². The average Bonchev–Trinajstić information content (AvgIpc) is 2.82. The van der Waals surface area contributed by atoms with Gasteiger partial charge in [0.15, 0.2) is 0 Å². The van der Waals surface area contributed by atoms with E-state index in [0.717, 1.165) is 12.8 Å². The Kier molecular flexibility index (Phi) is 14.5. The lowest BCUT2D eigenvalue weighted by molar-refractivity contribution is -0.144. The molecule has 0 aliphatic rings. The SMILES string of the molecule is CCC(NC(=O)C(CC(C)C)NC(=O)CC(C)C)C(=O)N(CC)NC(=O)CCCCc1ccccc1. The number of amides is 4. The number of hydrogen-bond acceptors (Lipinski definition) is 4. The van der Waals surface area contributed by atoms with E-state index >= 15 is 0 Å². The third kappa shape index (κ3) is 12.2. The monoisotopic (exact) mass is 502 g/mol. The van der Waals surface area contributed by atoms with E-state index in [1.54, 1.807) is 13.8 Å². The Balaban J connectivity index is 2.65. The second kappa shape index (κ2) is 16.7. The van der Waals surface area contributed by atoms with Crippen LogP contribution in [-0.2, 0) is 25.6 Å². The van der Waals surface area contributed by atoms with E-state index in [1.807, 2.05) is 45.9 Å². The molecule has 8 heteroatoms. The van der Waals surface area contributed by atoms with E-state index in [1.165, 1.54) is 10.6 Å². The number of unbranched alkanes of at least 4 members (excludes halogenated alkanes) is 1. The van der Waals surface area contributed by atoms with Crippen LogP contribution in [0.5, 0.6) is 0 Å². The molecular formula is C28H46N4O4. The molecule has 3 N–H and O–H groups in total. The molecule has 0 aliphatic heterocycles. The summed E-state index contributed by atoms with van der Waals surface area (Å²) in [4.78, 5) is 50.9. The van der Waals surface area contributed by atoms with E-state index in [-0.39, 0.29) is 42.0 Å². The molecule has 0 fully saturated rings. The smallest absolute Gasteiger partial charge is 0.263 e. The van der Waals surface area contributed by atoms with Crippen LogP contribution in [0.4, 0.5) is 0 Å². The first kappa shape index (κ1) is 31.1. The van der Waals surface area contributed by atoms with E-state index in [4.69, 9.17) is 0 Å². The summed E-state index contributed by atoms with van der Waals surface area (Å²) in [6.45, 7) is 11.7. The molecule has 0 spiro atoms. The summed E-state index contributed by atoms with van der Waals surface area (Å²) in [5.41, 5.74) is 3.93. The van der Waals surface area contributed by atoms with E-state index in [9.17, 15) is 19.2 Å². The third-order valence-electron chi connectivity index (χ3n) is 5.78. The van der Waals surface area contributed by atoms with Crippen LogP contribution in [-0.4, -0.2) is 47.3 Å². The number of carbonyl (C=O) groups is 4. The van der Waals surface area contributed by atoms with E-state index in [2.05, 4.69) is 28.2 Å². The standard InChI is InChI=1S/C28H46N4O4/c1-7-23(30-27(35)24(18-20(3)4)29-26(34)19-21(5)6)28(36)32(8-2)31-25(33)17-13-12-16-22-14-10-9-11-15-22/h9-11,14-15,20-21,23-24H,7-8,12-13,16-19H2,1-6H3,(H,29,34)(H,30,35)(H,31,33). The quantitative estimate of drug-likeness (QED) is 0.251.